The molecule has 1 fully saturated rings. The number of carbonyl (C=O) groups is 1. The molecule has 7 nitrogen and oxygen atoms in total. The van der Waals surface area contributed by atoms with Crippen LogP contribution in [0.4, 0.5) is 5.82 Å². The third-order valence-corrected chi connectivity index (χ3v) is 2.74. The fraction of sp³-hybridized carbons (Fsp3) is 0.583. The van der Waals surface area contributed by atoms with Gasteiger partial charge in [-0.3, -0.25) is 0 Å². The SMILES string of the molecule is O=C(O)c1cnc(NCCCOC2CCOC2)cn1. The number of nitrogens with zero attached hydrogens (tertiary/aromatic N) is 2. The lowest BCUT2D eigenvalue weighted by atomic mass is 10.3. The summed E-state index contributed by atoms with van der Waals surface area (Å²) in [6.07, 6.45) is 4.69. The first-order valence-electron chi connectivity index (χ1n) is 6.24. The summed E-state index contributed by atoms with van der Waals surface area (Å²) in [6.45, 7) is 2.85. The lowest BCUT2D eigenvalue weighted by molar-refractivity contribution is 0.0427. The molecule has 1 saturated heterocycles. The van der Waals surface area contributed by atoms with Crippen LogP contribution in [0.2, 0.25) is 0 Å². The maximum absolute atomic E-state index is 10.6. The molecule has 1 atom stereocenters. The second kappa shape index (κ2) is 7.01. The number of carboxylic acid groups (broad SMARTS) is 1. The zero-order chi connectivity index (χ0) is 13.5. The Morgan fingerprint density at radius 2 is 2.42 bits per heavy atom. The molecule has 2 rings (SSSR count). The number of hydrogen-bond donors (Lipinski definition) is 2. The number of aromatic carboxylic acids is 1. The Labute approximate surface area is 111 Å². The van der Waals surface area contributed by atoms with E-state index in [0.717, 1.165) is 19.4 Å². The van der Waals surface area contributed by atoms with Crippen molar-refractivity contribution in [1.82, 2.24) is 9.97 Å². The van der Waals surface area contributed by atoms with Crippen molar-refractivity contribution in [1.29, 1.82) is 0 Å². The van der Waals surface area contributed by atoms with E-state index in [-0.39, 0.29) is 11.8 Å². The fourth-order valence-corrected chi connectivity index (χ4v) is 1.71. The van der Waals surface area contributed by atoms with Crippen molar-refractivity contribution in [3.63, 3.8) is 0 Å². The van der Waals surface area contributed by atoms with Crippen molar-refractivity contribution >= 4 is 11.8 Å². The van der Waals surface area contributed by atoms with Crippen molar-refractivity contribution < 1.29 is 19.4 Å². The lowest BCUT2D eigenvalue weighted by Gasteiger charge is -2.10. The van der Waals surface area contributed by atoms with Crippen molar-refractivity contribution in [3.8, 4) is 0 Å². The second-order valence-corrected chi connectivity index (χ2v) is 4.23. The van der Waals surface area contributed by atoms with Crippen molar-refractivity contribution in [2.75, 3.05) is 31.7 Å². The van der Waals surface area contributed by atoms with Gasteiger partial charge in [-0.25, -0.2) is 14.8 Å². The Balaban J connectivity index is 1.61. The average molecular weight is 267 g/mol. The Bertz CT molecular complexity index is 404. The van der Waals surface area contributed by atoms with E-state index >= 15 is 0 Å². The van der Waals surface area contributed by atoms with Crippen LogP contribution in [0.25, 0.3) is 0 Å². The predicted octanol–water partition coefficient (Wildman–Crippen LogP) is 0.782. The Hall–Kier alpha value is -1.73. The predicted molar refractivity (Wildman–Crippen MR) is 67.3 cm³/mol. The monoisotopic (exact) mass is 267 g/mol. The standard InChI is InChI=1S/C12H17N3O4/c16-12(17)10-6-15-11(7-14-10)13-3-1-4-19-9-2-5-18-8-9/h6-7,9H,1-5,8H2,(H,13,15)(H,16,17). The minimum atomic E-state index is -1.08. The van der Waals surface area contributed by atoms with Crippen LogP contribution in [0.5, 0.6) is 0 Å². The molecule has 0 radical (unpaired) electrons. The zero-order valence-electron chi connectivity index (χ0n) is 10.5. The second-order valence-electron chi connectivity index (χ2n) is 4.23. The molecule has 1 aromatic heterocycles. The van der Waals surface area contributed by atoms with E-state index in [1.54, 1.807) is 0 Å². The summed E-state index contributed by atoms with van der Waals surface area (Å²) >= 11 is 0. The lowest BCUT2D eigenvalue weighted by Crippen LogP contribution is -2.15. The van der Waals surface area contributed by atoms with Gasteiger partial charge in [-0.15, -0.1) is 0 Å². The van der Waals surface area contributed by atoms with Gasteiger partial charge >= 0.3 is 5.97 Å². The third-order valence-electron chi connectivity index (χ3n) is 2.74. The largest absolute Gasteiger partial charge is 0.476 e. The summed E-state index contributed by atoms with van der Waals surface area (Å²) in [5.41, 5.74) is -0.0601. The van der Waals surface area contributed by atoms with Crippen molar-refractivity contribution in [3.05, 3.63) is 18.1 Å². The van der Waals surface area contributed by atoms with Crippen LogP contribution in [0.1, 0.15) is 23.3 Å². The molecule has 7 heteroatoms. The minimum absolute atomic E-state index is 0.0601. The average Bonchev–Trinajstić information content (AvgIpc) is 2.92. The maximum Gasteiger partial charge on any atom is 0.356 e. The molecule has 1 aliphatic rings. The highest BCUT2D eigenvalue weighted by molar-refractivity contribution is 5.84. The van der Waals surface area contributed by atoms with E-state index < -0.39 is 5.97 Å². The van der Waals surface area contributed by atoms with E-state index in [0.29, 0.717) is 25.6 Å². The van der Waals surface area contributed by atoms with Gasteiger partial charge < -0.3 is 19.9 Å². The van der Waals surface area contributed by atoms with E-state index in [9.17, 15) is 4.79 Å². The fourth-order valence-electron chi connectivity index (χ4n) is 1.71. The van der Waals surface area contributed by atoms with Gasteiger partial charge in [0.15, 0.2) is 5.69 Å². The van der Waals surface area contributed by atoms with Gasteiger partial charge in [0.25, 0.3) is 0 Å². The molecular weight excluding hydrogens is 250 g/mol. The van der Waals surface area contributed by atoms with Gasteiger partial charge in [-0.05, 0) is 12.8 Å². The smallest absolute Gasteiger partial charge is 0.356 e. The number of aromatic nitrogens is 2. The molecule has 1 aromatic rings. The molecule has 1 aliphatic heterocycles. The van der Waals surface area contributed by atoms with Crippen LogP contribution in [0, 0.1) is 0 Å². The highest BCUT2D eigenvalue weighted by Crippen LogP contribution is 2.08. The van der Waals surface area contributed by atoms with Gasteiger partial charge in [-0.1, -0.05) is 0 Å². The minimum Gasteiger partial charge on any atom is -0.476 e. The molecule has 2 N–H and O–H groups in total. The third kappa shape index (κ3) is 4.46. The normalized spacial score (nSPS) is 18.4. The van der Waals surface area contributed by atoms with Crippen molar-refractivity contribution in [2.45, 2.75) is 18.9 Å². The number of nitrogens with one attached hydrogen (secondary N) is 1. The van der Waals surface area contributed by atoms with E-state index in [1.807, 2.05) is 0 Å². The van der Waals surface area contributed by atoms with Crippen LogP contribution in [-0.2, 0) is 9.47 Å². The van der Waals surface area contributed by atoms with E-state index in [4.69, 9.17) is 14.6 Å². The molecule has 0 amide bonds. The van der Waals surface area contributed by atoms with Crippen LogP contribution in [0.15, 0.2) is 12.4 Å². The van der Waals surface area contributed by atoms with Crippen LogP contribution in [-0.4, -0.2) is 53.5 Å². The highest BCUT2D eigenvalue weighted by Gasteiger charge is 2.15. The molecule has 1 unspecified atom stereocenters. The van der Waals surface area contributed by atoms with E-state index in [1.165, 1.54) is 12.4 Å². The Morgan fingerprint density at radius 1 is 1.53 bits per heavy atom. The molecule has 104 valence electrons. The number of ether oxygens (including phenoxy) is 2. The highest BCUT2D eigenvalue weighted by atomic mass is 16.5. The summed E-state index contributed by atoms with van der Waals surface area (Å²) in [7, 11) is 0. The molecule has 2 heterocycles. The molecule has 19 heavy (non-hydrogen) atoms. The number of anilines is 1. The first-order valence-corrected chi connectivity index (χ1v) is 6.24. The van der Waals surface area contributed by atoms with Gasteiger partial charge in [-0.2, -0.15) is 0 Å². The molecule has 0 saturated carbocycles. The topological polar surface area (TPSA) is 93.6 Å². The van der Waals surface area contributed by atoms with Gasteiger partial charge in [0.2, 0.25) is 0 Å². The summed E-state index contributed by atoms with van der Waals surface area (Å²) < 4.78 is 10.8. The molecule has 0 aromatic carbocycles. The molecule has 0 spiro atoms. The first-order chi connectivity index (χ1) is 9.25. The quantitative estimate of drug-likeness (QED) is 0.705. The molecular formula is C12H17N3O4. The molecule has 0 bridgehead atoms. The van der Waals surface area contributed by atoms with Gasteiger partial charge in [0.1, 0.15) is 5.82 Å². The number of hydrogen-bond acceptors (Lipinski definition) is 6. The Kier molecular flexibility index (Phi) is 5.05. The first kappa shape index (κ1) is 13.7. The summed E-state index contributed by atoms with van der Waals surface area (Å²) in [6, 6.07) is 0. The number of carboxylic acids is 1. The van der Waals surface area contributed by atoms with Gasteiger partial charge in [0.05, 0.1) is 25.1 Å². The van der Waals surface area contributed by atoms with Crippen LogP contribution in [0.3, 0.4) is 0 Å². The molecule has 0 aliphatic carbocycles. The summed E-state index contributed by atoms with van der Waals surface area (Å²) in [5.74, 6) is -0.513. The Morgan fingerprint density at radius 3 is 3.05 bits per heavy atom. The maximum atomic E-state index is 10.6. The summed E-state index contributed by atoms with van der Waals surface area (Å²) in [4.78, 5) is 18.3. The van der Waals surface area contributed by atoms with Crippen LogP contribution < -0.4 is 5.32 Å². The van der Waals surface area contributed by atoms with Crippen LogP contribution >= 0.6 is 0 Å². The van der Waals surface area contributed by atoms with Gasteiger partial charge in [0, 0.05) is 19.8 Å². The number of rotatable bonds is 7. The zero-order valence-corrected chi connectivity index (χ0v) is 10.5. The van der Waals surface area contributed by atoms with E-state index in [2.05, 4.69) is 15.3 Å². The van der Waals surface area contributed by atoms with Crippen molar-refractivity contribution in [2.24, 2.45) is 0 Å². The summed E-state index contributed by atoms with van der Waals surface area (Å²) in [5, 5.41) is 11.7.